The minimum atomic E-state index is -1.08. The molecule has 5 N–H and O–H groups in total. The van der Waals surface area contributed by atoms with Crippen LogP contribution in [0.25, 0.3) is 0 Å². The summed E-state index contributed by atoms with van der Waals surface area (Å²) in [5.41, 5.74) is 8.14. The maximum Gasteiger partial charge on any atom is 0.335 e. The Kier molecular flexibility index (Phi) is 9.42. The second-order valence-corrected chi connectivity index (χ2v) is 8.40. The van der Waals surface area contributed by atoms with Crippen LogP contribution in [0.2, 0.25) is 0 Å². The maximum atomic E-state index is 13.3. The number of benzene rings is 3. The van der Waals surface area contributed by atoms with E-state index >= 15 is 0 Å². The van der Waals surface area contributed by atoms with Crippen LogP contribution in [0.1, 0.15) is 36.6 Å². The van der Waals surface area contributed by atoms with Crippen LogP contribution in [-0.2, 0) is 25.7 Å². The van der Waals surface area contributed by atoms with E-state index in [4.69, 9.17) is 20.6 Å². The highest BCUT2D eigenvalue weighted by Gasteiger charge is 2.27. The highest BCUT2D eigenvalue weighted by atomic mass is 16.6. The number of carbonyl (C=O) groups is 3. The van der Waals surface area contributed by atoms with Gasteiger partial charge >= 0.3 is 11.9 Å². The van der Waals surface area contributed by atoms with Gasteiger partial charge in [-0.05, 0) is 54.4 Å². The Hall–Kier alpha value is -4.86. The summed E-state index contributed by atoms with van der Waals surface area (Å²) in [6.07, 6.45) is 0. The van der Waals surface area contributed by atoms with Gasteiger partial charge in [0.15, 0.2) is 11.5 Å². The molecule has 0 radical (unpaired) electrons. The van der Waals surface area contributed by atoms with Crippen LogP contribution < -0.4 is 25.8 Å². The van der Waals surface area contributed by atoms with Crippen molar-refractivity contribution in [3.05, 3.63) is 89.5 Å². The number of esters is 2. The molecule has 0 aliphatic carbocycles. The van der Waals surface area contributed by atoms with E-state index in [0.29, 0.717) is 34.9 Å². The fourth-order valence-electron chi connectivity index (χ4n) is 3.52. The van der Waals surface area contributed by atoms with Crippen molar-refractivity contribution >= 4 is 29.4 Å². The van der Waals surface area contributed by atoms with Crippen molar-refractivity contribution in [3.63, 3.8) is 0 Å². The zero-order chi connectivity index (χ0) is 27.7. The molecule has 0 aliphatic rings. The SMILES string of the molecule is COc1cc([C@H](Nc2ccc(C(=N)N)cc2)C(=O)N[C@@H](C)C(=O)OC(C)=O)ccc1OCc1ccccc1. The summed E-state index contributed by atoms with van der Waals surface area (Å²) in [6, 6.07) is 19.3. The van der Waals surface area contributed by atoms with Crippen molar-refractivity contribution in [1.29, 1.82) is 5.41 Å². The molecule has 0 aliphatic heterocycles. The zero-order valence-electron chi connectivity index (χ0n) is 21.3. The number of nitrogen functional groups attached to an aromatic ring is 1. The Morgan fingerprint density at radius 1 is 0.974 bits per heavy atom. The Morgan fingerprint density at radius 2 is 1.66 bits per heavy atom. The molecule has 10 nitrogen and oxygen atoms in total. The molecule has 10 heteroatoms. The molecule has 2 atom stereocenters. The first kappa shape index (κ1) is 27.7. The first-order valence-corrected chi connectivity index (χ1v) is 11.8. The summed E-state index contributed by atoms with van der Waals surface area (Å²) in [7, 11) is 1.50. The average molecular weight is 519 g/mol. The molecular formula is C28H30N4O6. The first-order valence-electron chi connectivity index (χ1n) is 11.8. The lowest BCUT2D eigenvalue weighted by Gasteiger charge is -2.23. The fraction of sp³-hybridized carbons (Fsp3) is 0.214. The standard InChI is InChI=1S/C28H30N4O6/c1-17(28(35)38-18(2)33)31-27(34)25(32-22-12-9-20(10-13-22)26(29)30)21-11-14-23(24(15-21)36-3)37-16-19-7-5-4-6-8-19/h4-15,17,25,32H,16H2,1-3H3,(H3,29,30)(H,31,34)/t17-,25-/m0/s1. The fourth-order valence-corrected chi connectivity index (χ4v) is 3.52. The number of ether oxygens (including phenoxy) is 3. The van der Waals surface area contributed by atoms with Gasteiger partial charge in [-0.25, -0.2) is 4.79 Å². The van der Waals surface area contributed by atoms with Gasteiger partial charge in [0.25, 0.3) is 0 Å². The van der Waals surface area contributed by atoms with Crippen LogP contribution in [0.3, 0.4) is 0 Å². The van der Waals surface area contributed by atoms with E-state index in [1.165, 1.54) is 14.0 Å². The molecule has 198 valence electrons. The van der Waals surface area contributed by atoms with Gasteiger partial charge < -0.3 is 30.6 Å². The molecule has 0 saturated carbocycles. The smallest absolute Gasteiger partial charge is 0.335 e. The predicted octanol–water partition coefficient (Wildman–Crippen LogP) is 3.31. The number of amides is 1. The summed E-state index contributed by atoms with van der Waals surface area (Å²) < 4.78 is 16.0. The van der Waals surface area contributed by atoms with Gasteiger partial charge in [0.05, 0.1) is 7.11 Å². The summed E-state index contributed by atoms with van der Waals surface area (Å²) in [4.78, 5) is 36.6. The molecule has 0 spiro atoms. The summed E-state index contributed by atoms with van der Waals surface area (Å²) in [5.74, 6) is -1.38. The normalized spacial score (nSPS) is 12.0. The third-order valence-electron chi connectivity index (χ3n) is 5.48. The lowest BCUT2D eigenvalue weighted by molar-refractivity contribution is -0.160. The third kappa shape index (κ3) is 7.57. The van der Waals surface area contributed by atoms with Crippen LogP contribution in [-0.4, -0.2) is 36.8 Å². The molecule has 0 saturated heterocycles. The second-order valence-electron chi connectivity index (χ2n) is 8.40. The van der Waals surface area contributed by atoms with E-state index in [2.05, 4.69) is 15.4 Å². The number of nitrogens with one attached hydrogen (secondary N) is 3. The molecule has 1 amide bonds. The lowest BCUT2D eigenvalue weighted by Crippen LogP contribution is -2.44. The van der Waals surface area contributed by atoms with Gasteiger partial charge in [-0.3, -0.25) is 15.0 Å². The molecule has 38 heavy (non-hydrogen) atoms. The molecule has 3 aromatic rings. The van der Waals surface area contributed by atoms with E-state index in [-0.39, 0.29) is 5.84 Å². The van der Waals surface area contributed by atoms with Crippen LogP contribution in [0.5, 0.6) is 11.5 Å². The van der Waals surface area contributed by atoms with Crippen molar-refractivity contribution < 1.29 is 28.6 Å². The minimum Gasteiger partial charge on any atom is -0.493 e. The quantitative estimate of drug-likeness (QED) is 0.131. The van der Waals surface area contributed by atoms with Gasteiger partial charge in [-0.2, -0.15) is 0 Å². The van der Waals surface area contributed by atoms with Crippen LogP contribution in [0.4, 0.5) is 5.69 Å². The topological polar surface area (TPSA) is 153 Å². The summed E-state index contributed by atoms with van der Waals surface area (Å²) in [6.45, 7) is 2.86. The van der Waals surface area contributed by atoms with Crippen molar-refractivity contribution in [2.45, 2.75) is 32.5 Å². The second kappa shape index (κ2) is 12.9. The highest BCUT2D eigenvalue weighted by Crippen LogP contribution is 2.32. The largest absolute Gasteiger partial charge is 0.493 e. The number of nitrogens with two attached hydrogens (primary N) is 1. The van der Waals surface area contributed by atoms with Crippen LogP contribution in [0.15, 0.2) is 72.8 Å². The van der Waals surface area contributed by atoms with Gasteiger partial charge in [-0.15, -0.1) is 0 Å². The van der Waals surface area contributed by atoms with Crippen molar-refractivity contribution in [1.82, 2.24) is 5.32 Å². The van der Waals surface area contributed by atoms with Crippen LogP contribution in [0, 0.1) is 5.41 Å². The number of hydrogen-bond acceptors (Lipinski definition) is 8. The van der Waals surface area contributed by atoms with Gasteiger partial charge in [0.2, 0.25) is 5.91 Å². The Morgan fingerprint density at radius 3 is 2.26 bits per heavy atom. The van der Waals surface area contributed by atoms with E-state index in [1.807, 2.05) is 30.3 Å². The monoisotopic (exact) mass is 518 g/mol. The van der Waals surface area contributed by atoms with Crippen molar-refractivity contribution in [3.8, 4) is 11.5 Å². The average Bonchev–Trinajstić information content (AvgIpc) is 2.90. The van der Waals surface area contributed by atoms with Gasteiger partial charge in [0.1, 0.15) is 24.5 Å². The molecule has 0 unspecified atom stereocenters. The Labute approximate surface area is 220 Å². The van der Waals surface area contributed by atoms with Crippen LogP contribution >= 0.6 is 0 Å². The number of methoxy groups -OCH3 is 1. The van der Waals surface area contributed by atoms with Gasteiger partial charge in [0, 0.05) is 18.2 Å². The van der Waals surface area contributed by atoms with E-state index < -0.39 is 29.9 Å². The molecule has 3 rings (SSSR count). The number of amidine groups is 1. The Bertz CT molecular complexity index is 1290. The Balaban J connectivity index is 1.87. The van der Waals surface area contributed by atoms with Gasteiger partial charge in [-0.1, -0.05) is 36.4 Å². The van der Waals surface area contributed by atoms with E-state index in [9.17, 15) is 14.4 Å². The minimum absolute atomic E-state index is 0.0838. The van der Waals surface area contributed by atoms with E-state index in [1.54, 1.807) is 42.5 Å². The maximum absolute atomic E-state index is 13.3. The third-order valence-corrected chi connectivity index (χ3v) is 5.48. The molecule has 0 aromatic heterocycles. The summed E-state index contributed by atoms with van der Waals surface area (Å²) >= 11 is 0. The number of rotatable bonds is 11. The highest BCUT2D eigenvalue weighted by molar-refractivity contribution is 5.95. The molecular weight excluding hydrogens is 488 g/mol. The number of anilines is 1. The first-order chi connectivity index (χ1) is 18.2. The molecule has 0 bridgehead atoms. The predicted molar refractivity (Wildman–Crippen MR) is 142 cm³/mol. The molecule has 3 aromatic carbocycles. The summed E-state index contributed by atoms with van der Waals surface area (Å²) in [5, 5.41) is 13.3. The van der Waals surface area contributed by atoms with Crippen molar-refractivity contribution in [2.75, 3.05) is 12.4 Å². The van der Waals surface area contributed by atoms with E-state index in [0.717, 1.165) is 12.5 Å². The lowest BCUT2D eigenvalue weighted by atomic mass is 10.0. The number of carbonyl (C=O) groups excluding carboxylic acids is 3. The molecule has 0 heterocycles. The molecule has 0 fully saturated rings. The van der Waals surface area contributed by atoms with Crippen molar-refractivity contribution in [2.24, 2.45) is 5.73 Å². The zero-order valence-corrected chi connectivity index (χ0v) is 21.3. The number of hydrogen-bond donors (Lipinski definition) is 4.